The number of carboxylic acids is 1. The average Bonchev–Trinajstić information content (AvgIpc) is 2.95. The molecule has 0 atom stereocenters. The molecule has 0 aliphatic carbocycles. The van der Waals surface area contributed by atoms with Crippen LogP contribution in [-0.4, -0.2) is 21.0 Å². The first-order valence-electron chi connectivity index (χ1n) is 7.00. The van der Waals surface area contributed by atoms with E-state index in [9.17, 15) is 4.79 Å². The summed E-state index contributed by atoms with van der Waals surface area (Å²) in [6, 6.07) is 13.0. The first-order valence-corrected chi connectivity index (χ1v) is 7.00. The summed E-state index contributed by atoms with van der Waals surface area (Å²) in [4.78, 5) is 21.6. The molecule has 2 N–H and O–H groups in total. The van der Waals surface area contributed by atoms with E-state index in [0.717, 1.165) is 34.1 Å². The molecule has 0 aliphatic rings. The Balaban J connectivity index is 1.79. The van der Waals surface area contributed by atoms with Gasteiger partial charge in [-0.05, 0) is 29.3 Å². The molecule has 0 aliphatic heterocycles. The van der Waals surface area contributed by atoms with Gasteiger partial charge in [-0.25, -0.2) is 14.6 Å². The van der Waals surface area contributed by atoms with Gasteiger partial charge in [0.15, 0.2) is 5.69 Å². The number of aromatic amines is 1. The number of hydrogen-bond donors (Lipinski definition) is 2. The second-order valence-corrected chi connectivity index (χ2v) is 5.09. The molecule has 2 aromatic carbocycles. The van der Waals surface area contributed by atoms with Crippen molar-refractivity contribution >= 4 is 28.8 Å². The summed E-state index contributed by atoms with van der Waals surface area (Å²) in [6.45, 7) is 7.03. The third kappa shape index (κ3) is 3.44. The topological polar surface area (TPSA) is 70.3 Å². The maximum atomic E-state index is 10.5. The van der Waals surface area contributed by atoms with E-state index in [1.54, 1.807) is 18.2 Å². The molecule has 0 amide bonds. The fourth-order valence-electron chi connectivity index (χ4n) is 2.31. The number of fused-ring (bicyclic) bond motifs is 1. The Kier molecular flexibility index (Phi) is 3.89. The molecular formula is C18H13N3O2. The van der Waals surface area contributed by atoms with Gasteiger partial charge in [0.05, 0.1) is 17.6 Å². The van der Waals surface area contributed by atoms with Crippen molar-refractivity contribution in [2.45, 2.75) is 6.42 Å². The third-order valence-electron chi connectivity index (χ3n) is 3.41. The van der Waals surface area contributed by atoms with Crippen molar-refractivity contribution in [3.05, 3.63) is 76.9 Å². The van der Waals surface area contributed by atoms with Crippen LogP contribution in [0.25, 0.3) is 22.0 Å². The maximum Gasteiger partial charge on any atom is 0.328 e. The molecule has 0 saturated heterocycles. The van der Waals surface area contributed by atoms with Crippen molar-refractivity contribution in [3.63, 3.8) is 0 Å². The molecule has 0 saturated carbocycles. The number of nitrogens with zero attached hydrogens (tertiary/aromatic N) is 2. The minimum atomic E-state index is -0.963. The number of H-pyrrole nitrogens is 1. The molecule has 1 aromatic heterocycles. The second kappa shape index (κ2) is 6.16. The van der Waals surface area contributed by atoms with E-state index in [-0.39, 0.29) is 0 Å². The largest absolute Gasteiger partial charge is 0.478 e. The zero-order valence-corrected chi connectivity index (χ0v) is 12.2. The van der Waals surface area contributed by atoms with Crippen molar-refractivity contribution < 1.29 is 9.90 Å². The number of hydrogen-bond acceptors (Lipinski definition) is 2. The van der Waals surface area contributed by atoms with E-state index in [2.05, 4.69) is 14.8 Å². The van der Waals surface area contributed by atoms with Gasteiger partial charge in [-0.2, -0.15) is 0 Å². The second-order valence-electron chi connectivity index (χ2n) is 5.09. The molecule has 3 aromatic rings. The number of rotatable bonds is 4. The molecule has 3 rings (SSSR count). The summed E-state index contributed by atoms with van der Waals surface area (Å²) in [7, 11) is 0. The number of benzene rings is 2. The normalized spacial score (nSPS) is 10.9. The molecule has 0 radical (unpaired) electrons. The monoisotopic (exact) mass is 303 g/mol. The minimum Gasteiger partial charge on any atom is -0.478 e. The van der Waals surface area contributed by atoms with Crippen molar-refractivity contribution in [2.75, 3.05) is 0 Å². The van der Waals surface area contributed by atoms with Crippen LogP contribution in [0.4, 0.5) is 5.69 Å². The van der Waals surface area contributed by atoms with Gasteiger partial charge in [-0.1, -0.05) is 30.3 Å². The Morgan fingerprint density at radius 1 is 1.26 bits per heavy atom. The number of aromatic nitrogens is 2. The smallest absolute Gasteiger partial charge is 0.328 e. The fourth-order valence-corrected chi connectivity index (χ4v) is 2.31. The Labute approximate surface area is 132 Å². The number of imidazole rings is 1. The Morgan fingerprint density at radius 2 is 2.04 bits per heavy atom. The Hall–Kier alpha value is -3.39. The lowest BCUT2D eigenvalue weighted by molar-refractivity contribution is -0.131. The molecular weight excluding hydrogens is 290 g/mol. The maximum absolute atomic E-state index is 10.5. The molecule has 0 spiro atoms. The van der Waals surface area contributed by atoms with E-state index >= 15 is 0 Å². The predicted molar refractivity (Wildman–Crippen MR) is 88.3 cm³/mol. The summed E-state index contributed by atoms with van der Waals surface area (Å²) in [5, 5.41) is 8.61. The molecule has 0 bridgehead atoms. The van der Waals surface area contributed by atoms with Crippen LogP contribution >= 0.6 is 0 Å². The standard InChI is InChI=1S/C18H13N3O2/c1-19-14-7-8-15-16(11-14)21-17(20-15)10-13-4-2-12(3-5-13)6-9-18(22)23/h2-9,11H,10H2,(H,20,21)(H,22,23). The average molecular weight is 303 g/mol. The first kappa shape index (κ1) is 14.5. The Bertz CT molecular complexity index is 931. The summed E-state index contributed by atoms with van der Waals surface area (Å²) < 4.78 is 0. The van der Waals surface area contributed by atoms with Crippen LogP contribution in [-0.2, 0) is 11.2 Å². The van der Waals surface area contributed by atoms with Crippen molar-refractivity contribution in [1.82, 2.24) is 9.97 Å². The molecule has 23 heavy (non-hydrogen) atoms. The van der Waals surface area contributed by atoms with Gasteiger partial charge in [0.2, 0.25) is 0 Å². The van der Waals surface area contributed by atoms with Crippen LogP contribution in [0, 0.1) is 6.57 Å². The zero-order valence-electron chi connectivity index (χ0n) is 12.2. The highest BCUT2D eigenvalue weighted by Crippen LogP contribution is 2.20. The summed E-state index contributed by atoms with van der Waals surface area (Å²) in [5.74, 6) is -0.133. The van der Waals surface area contributed by atoms with Gasteiger partial charge >= 0.3 is 5.97 Å². The van der Waals surface area contributed by atoms with E-state index < -0.39 is 5.97 Å². The van der Waals surface area contributed by atoms with E-state index in [4.69, 9.17) is 11.7 Å². The summed E-state index contributed by atoms with van der Waals surface area (Å²) >= 11 is 0. The molecule has 112 valence electrons. The Morgan fingerprint density at radius 3 is 2.74 bits per heavy atom. The van der Waals surface area contributed by atoms with Crippen LogP contribution < -0.4 is 0 Å². The lowest BCUT2D eigenvalue weighted by Crippen LogP contribution is -1.91. The van der Waals surface area contributed by atoms with Crippen LogP contribution in [0.1, 0.15) is 17.0 Å². The molecule has 5 nitrogen and oxygen atoms in total. The van der Waals surface area contributed by atoms with Gasteiger partial charge in [0.1, 0.15) is 5.82 Å². The first-order chi connectivity index (χ1) is 11.1. The highest BCUT2D eigenvalue weighted by Gasteiger charge is 2.05. The minimum absolute atomic E-state index is 0.585. The lowest BCUT2D eigenvalue weighted by Gasteiger charge is -1.99. The van der Waals surface area contributed by atoms with Crippen molar-refractivity contribution in [1.29, 1.82) is 0 Å². The van der Waals surface area contributed by atoms with Gasteiger partial charge < -0.3 is 10.1 Å². The number of aliphatic carboxylic acids is 1. The van der Waals surface area contributed by atoms with Crippen LogP contribution in [0.15, 0.2) is 48.5 Å². The van der Waals surface area contributed by atoms with Gasteiger partial charge in [-0.15, -0.1) is 0 Å². The quantitative estimate of drug-likeness (QED) is 0.569. The zero-order chi connectivity index (χ0) is 16.2. The highest BCUT2D eigenvalue weighted by atomic mass is 16.4. The van der Waals surface area contributed by atoms with Crippen LogP contribution in [0.3, 0.4) is 0 Å². The predicted octanol–water partition coefficient (Wildman–Crippen LogP) is 3.80. The molecule has 0 unspecified atom stereocenters. The highest BCUT2D eigenvalue weighted by molar-refractivity contribution is 5.85. The SMILES string of the molecule is [C-]#[N+]c1ccc2nc(Cc3ccc(C=CC(=O)O)cc3)[nH]c2c1. The van der Waals surface area contributed by atoms with Gasteiger partial charge in [0, 0.05) is 12.5 Å². The number of carbonyl (C=O) groups is 1. The van der Waals surface area contributed by atoms with E-state index in [0.29, 0.717) is 12.1 Å². The van der Waals surface area contributed by atoms with Crippen LogP contribution in [0.5, 0.6) is 0 Å². The van der Waals surface area contributed by atoms with Crippen molar-refractivity contribution in [2.24, 2.45) is 0 Å². The molecule has 5 heteroatoms. The van der Waals surface area contributed by atoms with Crippen LogP contribution in [0.2, 0.25) is 0 Å². The number of carboxylic acid groups (broad SMARTS) is 1. The summed E-state index contributed by atoms with van der Waals surface area (Å²) in [6.07, 6.45) is 3.31. The van der Waals surface area contributed by atoms with E-state index in [1.165, 1.54) is 0 Å². The number of nitrogens with one attached hydrogen (secondary N) is 1. The van der Waals surface area contributed by atoms with E-state index in [1.807, 2.05) is 30.3 Å². The lowest BCUT2D eigenvalue weighted by atomic mass is 10.1. The molecule has 1 heterocycles. The van der Waals surface area contributed by atoms with Crippen molar-refractivity contribution in [3.8, 4) is 0 Å². The summed E-state index contributed by atoms with van der Waals surface area (Å²) in [5.41, 5.74) is 4.19. The van der Waals surface area contributed by atoms with Gasteiger partial charge in [-0.3, -0.25) is 0 Å². The molecule has 0 fully saturated rings. The fraction of sp³-hybridized carbons (Fsp3) is 0.0556. The third-order valence-corrected chi connectivity index (χ3v) is 3.41. The van der Waals surface area contributed by atoms with Gasteiger partial charge in [0.25, 0.3) is 0 Å².